The number of halogens is 1. The molecule has 0 saturated heterocycles. The highest BCUT2D eigenvalue weighted by molar-refractivity contribution is 7.99. The Kier molecular flexibility index (Phi) is 11.3. The van der Waals surface area contributed by atoms with Gasteiger partial charge in [-0.25, -0.2) is 9.59 Å². The molecule has 7 nitrogen and oxygen atoms in total. The number of hydrogen-bond acceptors (Lipinski definition) is 7. The molecule has 3 rings (SSSR count). The molecule has 1 atom stereocenters. The molecule has 3 aromatic carbocycles. The van der Waals surface area contributed by atoms with Crippen LogP contribution in [0.15, 0.2) is 82.6 Å². The zero-order chi connectivity index (χ0) is 27.4. The zero-order valence-corrected chi connectivity index (χ0v) is 23.0. The minimum Gasteiger partial charge on any atom is -0.489 e. The molecule has 0 aliphatic rings. The molecular weight excluding hydrogens is 526 g/mol. The predicted octanol–water partition coefficient (Wildman–Crippen LogP) is 6.04. The lowest BCUT2D eigenvalue weighted by molar-refractivity contribution is -0.149. The van der Waals surface area contributed by atoms with Gasteiger partial charge < -0.3 is 24.6 Å². The molecule has 0 bridgehead atoms. The van der Waals surface area contributed by atoms with Gasteiger partial charge in [0.15, 0.2) is 0 Å². The quantitative estimate of drug-likeness (QED) is 0.247. The van der Waals surface area contributed by atoms with E-state index in [1.807, 2.05) is 72.8 Å². The lowest BCUT2D eigenvalue weighted by Gasteiger charge is -2.31. The first kappa shape index (κ1) is 29.4. The SMILES string of the molecule is COC(=O)NC(CCCO)(CCc1cccc(Sc2ccc(OCc3ccccc3)cc2)c1Cl)C(=O)OC. The molecule has 1 amide bonds. The van der Waals surface area contributed by atoms with Crippen LogP contribution in [-0.2, 0) is 27.3 Å². The van der Waals surface area contributed by atoms with Crippen molar-refractivity contribution in [1.82, 2.24) is 5.32 Å². The Morgan fingerprint density at radius 2 is 1.68 bits per heavy atom. The highest BCUT2D eigenvalue weighted by Gasteiger charge is 2.41. The Balaban J connectivity index is 1.70. The molecule has 0 radical (unpaired) electrons. The summed E-state index contributed by atoms with van der Waals surface area (Å²) in [5.74, 6) is 0.172. The maximum absolute atomic E-state index is 12.7. The third kappa shape index (κ3) is 8.15. The van der Waals surface area contributed by atoms with Crippen LogP contribution >= 0.6 is 23.4 Å². The van der Waals surface area contributed by atoms with E-state index in [1.165, 1.54) is 26.0 Å². The fourth-order valence-electron chi connectivity index (χ4n) is 3.98. The molecule has 0 spiro atoms. The first-order valence-electron chi connectivity index (χ1n) is 12.2. The largest absolute Gasteiger partial charge is 0.489 e. The number of hydrogen-bond donors (Lipinski definition) is 2. The van der Waals surface area contributed by atoms with Crippen LogP contribution in [0.3, 0.4) is 0 Å². The lowest BCUT2D eigenvalue weighted by Crippen LogP contribution is -2.55. The van der Waals surface area contributed by atoms with Gasteiger partial charge in [0, 0.05) is 16.4 Å². The third-order valence-electron chi connectivity index (χ3n) is 6.03. The average molecular weight is 558 g/mol. The number of nitrogens with one attached hydrogen (secondary N) is 1. The molecule has 0 aliphatic carbocycles. The number of methoxy groups -OCH3 is 2. The molecule has 0 saturated carbocycles. The van der Waals surface area contributed by atoms with Crippen LogP contribution in [0.2, 0.25) is 5.02 Å². The summed E-state index contributed by atoms with van der Waals surface area (Å²) in [4.78, 5) is 26.6. The number of ether oxygens (including phenoxy) is 3. The molecule has 9 heteroatoms. The van der Waals surface area contributed by atoms with E-state index >= 15 is 0 Å². The van der Waals surface area contributed by atoms with Gasteiger partial charge in [-0.2, -0.15) is 0 Å². The van der Waals surface area contributed by atoms with Crippen molar-refractivity contribution in [2.75, 3.05) is 20.8 Å². The number of rotatable bonds is 13. The Bertz CT molecular complexity index is 1190. The summed E-state index contributed by atoms with van der Waals surface area (Å²) in [6.07, 6.45) is 0.351. The Morgan fingerprint density at radius 3 is 2.34 bits per heavy atom. The maximum Gasteiger partial charge on any atom is 0.407 e. The minimum atomic E-state index is -1.35. The second kappa shape index (κ2) is 14.7. The molecule has 202 valence electrons. The molecule has 0 fully saturated rings. The van der Waals surface area contributed by atoms with Crippen LogP contribution in [0.4, 0.5) is 4.79 Å². The summed E-state index contributed by atoms with van der Waals surface area (Å²) in [6.45, 7) is 0.363. The molecule has 1 unspecified atom stereocenters. The number of esters is 1. The number of aliphatic hydroxyl groups excluding tert-OH is 1. The topological polar surface area (TPSA) is 94.1 Å². The summed E-state index contributed by atoms with van der Waals surface area (Å²) in [5.41, 5.74) is 0.569. The Labute approximate surface area is 232 Å². The molecule has 0 aromatic heterocycles. The normalized spacial score (nSPS) is 12.3. The van der Waals surface area contributed by atoms with Gasteiger partial charge in [0.05, 0.1) is 19.2 Å². The van der Waals surface area contributed by atoms with Gasteiger partial charge in [0.1, 0.15) is 17.9 Å². The maximum atomic E-state index is 12.7. The monoisotopic (exact) mass is 557 g/mol. The van der Waals surface area contributed by atoms with E-state index in [-0.39, 0.29) is 19.4 Å². The van der Waals surface area contributed by atoms with Gasteiger partial charge >= 0.3 is 12.1 Å². The third-order valence-corrected chi connectivity index (χ3v) is 7.66. The smallest absolute Gasteiger partial charge is 0.407 e. The van der Waals surface area contributed by atoms with Crippen molar-refractivity contribution >= 4 is 35.4 Å². The van der Waals surface area contributed by atoms with E-state index in [2.05, 4.69) is 5.32 Å². The molecule has 0 aliphatic heterocycles. The molecule has 3 aromatic rings. The number of carbonyl (C=O) groups excluding carboxylic acids is 2. The second-order valence-electron chi connectivity index (χ2n) is 8.59. The van der Waals surface area contributed by atoms with Crippen molar-refractivity contribution in [3.63, 3.8) is 0 Å². The van der Waals surface area contributed by atoms with E-state index in [0.717, 1.165) is 26.7 Å². The van der Waals surface area contributed by atoms with Crippen LogP contribution in [0, 0.1) is 0 Å². The predicted molar refractivity (Wildman–Crippen MR) is 148 cm³/mol. The molecule has 0 heterocycles. The van der Waals surface area contributed by atoms with Crippen molar-refractivity contribution in [3.05, 3.63) is 88.9 Å². The average Bonchev–Trinajstić information content (AvgIpc) is 2.95. The minimum absolute atomic E-state index is 0.134. The summed E-state index contributed by atoms with van der Waals surface area (Å²) in [5, 5.41) is 12.6. The van der Waals surface area contributed by atoms with Gasteiger partial charge in [-0.15, -0.1) is 0 Å². The molecular formula is C29H32ClNO6S. The van der Waals surface area contributed by atoms with Gasteiger partial charge in [-0.05, 0) is 67.1 Å². The fraction of sp³-hybridized carbons (Fsp3) is 0.310. The fourth-order valence-corrected chi connectivity index (χ4v) is 5.21. The van der Waals surface area contributed by atoms with Crippen LogP contribution < -0.4 is 10.1 Å². The van der Waals surface area contributed by atoms with Gasteiger partial charge in [0.25, 0.3) is 0 Å². The summed E-state index contributed by atoms with van der Waals surface area (Å²) < 4.78 is 15.6. The lowest BCUT2D eigenvalue weighted by atomic mass is 9.86. The first-order valence-corrected chi connectivity index (χ1v) is 13.4. The highest BCUT2D eigenvalue weighted by Crippen LogP contribution is 2.37. The Morgan fingerprint density at radius 1 is 0.947 bits per heavy atom. The van der Waals surface area contributed by atoms with Crippen LogP contribution in [0.1, 0.15) is 30.4 Å². The number of aliphatic hydroxyl groups is 1. The number of amides is 1. The Hall–Kier alpha value is -3.20. The van der Waals surface area contributed by atoms with Gasteiger partial charge in [-0.3, -0.25) is 0 Å². The van der Waals surface area contributed by atoms with Crippen molar-refractivity contribution in [3.8, 4) is 5.75 Å². The number of aryl methyl sites for hydroxylation is 1. The van der Waals surface area contributed by atoms with Crippen molar-refractivity contribution < 1.29 is 28.9 Å². The first-order chi connectivity index (χ1) is 18.4. The standard InChI is InChI=1S/C29H32ClNO6S/c1-35-27(33)29(17-7-19-32,31-28(34)36-2)18-16-22-10-6-11-25(26(22)30)38-24-14-12-23(13-15-24)37-20-21-8-4-3-5-9-21/h3-6,8-15,32H,7,16-20H2,1-2H3,(H,31,34). The highest BCUT2D eigenvalue weighted by atomic mass is 35.5. The van der Waals surface area contributed by atoms with E-state index in [0.29, 0.717) is 24.5 Å². The summed E-state index contributed by atoms with van der Waals surface area (Å²) in [7, 11) is 2.49. The summed E-state index contributed by atoms with van der Waals surface area (Å²) in [6, 6.07) is 23.5. The second-order valence-corrected chi connectivity index (χ2v) is 10.1. The van der Waals surface area contributed by atoms with Gasteiger partial charge in [0.2, 0.25) is 0 Å². The van der Waals surface area contributed by atoms with E-state index in [9.17, 15) is 14.7 Å². The van der Waals surface area contributed by atoms with Crippen LogP contribution in [-0.4, -0.2) is 43.5 Å². The van der Waals surface area contributed by atoms with E-state index in [1.54, 1.807) is 0 Å². The van der Waals surface area contributed by atoms with Gasteiger partial charge in [-0.1, -0.05) is 65.8 Å². The number of benzene rings is 3. The zero-order valence-electron chi connectivity index (χ0n) is 21.4. The van der Waals surface area contributed by atoms with Crippen LogP contribution in [0.25, 0.3) is 0 Å². The molecule has 2 N–H and O–H groups in total. The number of alkyl carbamates (subject to hydrolysis) is 1. The summed E-state index contributed by atoms with van der Waals surface area (Å²) >= 11 is 8.30. The van der Waals surface area contributed by atoms with E-state index in [4.69, 9.17) is 25.8 Å². The molecule has 38 heavy (non-hydrogen) atoms. The number of carbonyl (C=O) groups is 2. The van der Waals surface area contributed by atoms with Crippen LogP contribution in [0.5, 0.6) is 5.75 Å². The van der Waals surface area contributed by atoms with Crippen molar-refractivity contribution in [2.24, 2.45) is 0 Å². The van der Waals surface area contributed by atoms with Crippen molar-refractivity contribution in [1.29, 1.82) is 0 Å². The van der Waals surface area contributed by atoms with E-state index < -0.39 is 17.6 Å². The van der Waals surface area contributed by atoms with Crippen molar-refractivity contribution in [2.45, 2.75) is 47.6 Å².